The molecule has 0 bridgehead atoms. The Morgan fingerprint density at radius 3 is 2.70 bits per heavy atom. The molecular weight excluding hydrogens is 246 g/mol. The largest absolute Gasteiger partial charge is 0.309 e. The highest BCUT2D eigenvalue weighted by Crippen LogP contribution is 2.18. The van der Waals surface area contributed by atoms with Crippen LogP contribution in [-0.2, 0) is 0 Å². The zero-order valence-corrected chi connectivity index (χ0v) is 13.6. The van der Waals surface area contributed by atoms with Crippen LogP contribution < -0.4 is 5.32 Å². The molecule has 1 N–H and O–H groups in total. The number of rotatable bonds is 4. The molecule has 1 aromatic rings. The third kappa shape index (κ3) is 3.81. The minimum atomic E-state index is 0.413. The number of piperazine rings is 1. The SMILES string of the molecule is Cc1ccc(C(C)NCC2CN(C)CCN2C)c(C)c1. The highest BCUT2D eigenvalue weighted by Gasteiger charge is 2.22. The maximum atomic E-state index is 3.71. The lowest BCUT2D eigenvalue weighted by Crippen LogP contribution is -2.53. The summed E-state index contributed by atoms with van der Waals surface area (Å²) in [5.41, 5.74) is 4.15. The van der Waals surface area contributed by atoms with Gasteiger partial charge < -0.3 is 10.2 Å². The average Bonchev–Trinajstić information content (AvgIpc) is 2.39. The van der Waals surface area contributed by atoms with E-state index < -0.39 is 0 Å². The number of nitrogens with zero attached hydrogens (tertiary/aromatic N) is 2. The summed E-state index contributed by atoms with van der Waals surface area (Å²) >= 11 is 0. The minimum absolute atomic E-state index is 0.413. The standard InChI is InChI=1S/C17H29N3/c1-13-6-7-17(14(2)10-13)15(3)18-11-16-12-19(4)8-9-20(16)5/h6-7,10,15-16,18H,8-9,11-12H2,1-5H3. The third-order valence-electron chi connectivity index (χ3n) is 4.53. The first-order valence-corrected chi connectivity index (χ1v) is 7.66. The second kappa shape index (κ2) is 6.70. The van der Waals surface area contributed by atoms with Gasteiger partial charge in [0.05, 0.1) is 0 Å². The zero-order valence-electron chi connectivity index (χ0n) is 13.6. The van der Waals surface area contributed by atoms with Crippen LogP contribution in [0.5, 0.6) is 0 Å². The van der Waals surface area contributed by atoms with E-state index in [0.29, 0.717) is 12.1 Å². The summed E-state index contributed by atoms with van der Waals surface area (Å²) in [6.45, 7) is 11.2. The molecule has 1 saturated heterocycles. The fraction of sp³-hybridized carbons (Fsp3) is 0.647. The summed E-state index contributed by atoms with van der Waals surface area (Å²) in [6.07, 6.45) is 0. The van der Waals surface area contributed by atoms with E-state index >= 15 is 0 Å². The number of aryl methyl sites for hydroxylation is 2. The Balaban J connectivity index is 1.92. The van der Waals surface area contributed by atoms with Gasteiger partial charge in [0.25, 0.3) is 0 Å². The van der Waals surface area contributed by atoms with Crippen LogP contribution in [0, 0.1) is 13.8 Å². The molecule has 3 nitrogen and oxygen atoms in total. The highest BCUT2D eigenvalue weighted by molar-refractivity contribution is 5.32. The van der Waals surface area contributed by atoms with Crippen molar-refractivity contribution in [3.63, 3.8) is 0 Å². The predicted octanol–water partition coefficient (Wildman–Crippen LogP) is 2.20. The number of likely N-dealkylation sites (N-methyl/N-ethyl adjacent to an activating group) is 2. The summed E-state index contributed by atoms with van der Waals surface area (Å²) in [4.78, 5) is 4.90. The minimum Gasteiger partial charge on any atom is -0.309 e. The van der Waals surface area contributed by atoms with E-state index in [-0.39, 0.29) is 0 Å². The van der Waals surface area contributed by atoms with Gasteiger partial charge >= 0.3 is 0 Å². The topological polar surface area (TPSA) is 18.5 Å². The average molecular weight is 275 g/mol. The molecule has 1 aliphatic rings. The van der Waals surface area contributed by atoms with E-state index in [1.54, 1.807) is 0 Å². The van der Waals surface area contributed by atoms with Gasteiger partial charge in [-0.15, -0.1) is 0 Å². The van der Waals surface area contributed by atoms with Gasteiger partial charge in [-0.2, -0.15) is 0 Å². The summed E-state index contributed by atoms with van der Waals surface area (Å²) in [5.74, 6) is 0. The Bertz CT molecular complexity index is 444. The molecule has 2 rings (SSSR count). The molecule has 3 heteroatoms. The maximum Gasteiger partial charge on any atom is 0.0345 e. The van der Waals surface area contributed by atoms with Gasteiger partial charge in [-0.25, -0.2) is 0 Å². The Labute approximate surface area is 124 Å². The molecule has 2 unspecified atom stereocenters. The van der Waals surface area contributed by atoms with Gasteiger partial charge in [0, 0.05) is 38.3 Å². The summed E-state index contributed by atoms with van der Waals surface area (Å²) in [6, 6.07) is 7.77. The molecule has 112 valence electrons. The van der Waals surface area contributed by atoms with Crippen molar-refractivity contribution in [3.05, 3.63) is 34.9 Å². The molecule has 0 amide bonds. The maximum absolute atomic E-state index is 3.71. The number of hydrogen-bond donors (Lipinski definition) is 1. The first-order chi connectivity index (χ1) is 9.47. The van der Waals surface area contributed by atoms with Gasteiger partial charge in [0.1, 0.15) is 0 Å². The molecule has 0 radical (unpaired) electrons. The van der Waals surface area contributed by atoms with Crippen LogP contribution >= 0.6 is 0 Å². The lowest BCUT2D eigenvalue weighted by Gasteiger charge is -2.38. The van der Waals surface area contributed by atoms with Crippen molar-refractivity contribution in [2.45, 2.75) is 32.9 Å². The Morgan fingerprint density at radius 2 is 2.00 bits per heavy atom. The van der Waals surface area contributed by atoms with Crippen molar-refractivity contribution in [1.82, 2.24) is 15.1 Å². The quantitative estimate of drug-likeness (QED) is 0.909. The Morgan fingerprint density at radius 1 is 1.25 bits per heavy atom. The molecular formula is C17H29N3. The molecule has 0 aromatic heterocycles. The lowest BCUT2D eigenvalue weighted by atomic mass is 10.00. The second-order valence-corrected chi connectivity index (χ2v) is 6.39. The molecule has 1 aliphatic heterocycles. The number of benzene rings is 1. The van der Waals surface area contributed by atoms with Gasteiger partial charge in [-0.1, -0.05) is 23.8 Å². The molecule has 0 aliphatic carbocycles. The monoisotopic (exact) mass is 275 g/mol. The third-order valence-corrected chi connectivity index (χ3v) is 4.53. The molecule has 0 spiro atoms. The van der Waals surface area contributed by atoms with E-state index in [0.717, 1.165) is 13.1 Å². The van der Waals surface area contributed by atoms with E-state index in [1.165, 1.54) is 29.8 Å². The van der Waals surface area contributed by atoms with E-state index in [4.69, 9.17) is 0 Å². The number of hydrogen-bond acceptors (Lipinski definition) is 3. The van der Waals surface area contributed by atoms with Crippen LogP contribution in [-0.4, -0.2) is 56.1 Å². The van der Waals surface area contributed by atoms with E-state index in [9.17, 15) is 0 Å². The lowest BCUT2D eigenvalue weighted by molar-refractivity contribution is 0.112. The van der Waals surface area contributed by atoms with Gasteiger partial charge in [-0.3, -0.25) is 4.90 Å². The summed E-state index contributed by atoms with van der Waals surface area (Å²) in [7, 11) is 4.45. The van der Waals surface area contributed by atoms with Crippen LogP contribution in [0.4, 0.5) is 0 Å². The van der Waals surface area contributed by atoms with Gasteiger partial charge in [-0.05, 0) is 46.0 Å². The normalized spacial score (nSPS) is 22.9. The van der Waals surface area contributed by atoms with Crippen LogP contribution in [0.1, 0.15) is 29.7 Å². The van der Waals surface area contributed by atoms with Crippen molar-refractivity contribution in [3.8, 4) is 0 Å². The number of nitrogens with one attached hydrogen (secondary N) is 1. The summed E-state index contributed by atoms with van der Waals surface area (Å²) < 4.78 is 0. The molecule has 20 heavy (non-hydrogen) atoms. The van der Waals surface area contributed by atoms with Crippen molar-refractivity contribution in [1.29, 1.82) is 0 Å². The fourth-order valence-electron chi connectivity index (χ4n) is 3.06. The van der Waals surface area contributed by atoms with E-state index in [1.807, 2.05) is 0 Å². The molecule has 0 saturated carbocycles. The van der Waals surface area contributed by atoms with Crippen LogP contribution in [0.25, 0.3) is 0 Å². The second-order valence-electron chi connectivity index (χ2n) is 6.39. The van der Waals surface area contributed by atoms with Crippen LogP contribution in [0.2, 0.25) is 0 Å². The van der Waals surface area contributed by atoms with Crippen LogP contribution in [0.15, 0.2) is 18.2 Å². The highest BCUT2D eigenvalue weighted by atomic mass is 15.3. The molecule has 1 fully saturated rings. The fourth-order valence-corrected chi connectivity index (χ4v) is 3.06. The van der Waals surface area contributed by atoms with Gasteiger partial charge in [0.2, 0.25) is 0 Å². The van der Waals surface area contributed by atoms with Crippen LogP contribution in [0.3, 0.4) is 0 Å². The molecule has 1 heterocycles. The summed E-state index contributed by atoms with van der Waals surface area (Å²) in [5, 5.41) is 3.71. The van der Waals surface area contributed by atoms with Crippen molar-refractivity contribution < 1.29 is 0 Å². The van der Waals surface area contributed by atoms with Gasteiger partial charge in [0.15, 0.2) is 0 Å². The van der Waals surface area contributed by atoms with Crippen molar-refractivity contribution >= 4 is 0 Å². The van der Waals surface area contributed by atoms with E-state index in [2.05, 4.69) is 68.2 Å². The Hall–Kier alpha value is -0.900. The van der Waals surface area contributed by atoms with Crippen molar-refractivity contribution in [2.24, 2.45) is 0 Å². The predicted molar refractivity (Wildman–Crippen MR) is 86.2 cm³/mol. The first-order valence-electron chi connectivity index (χ1n) is 7.66. The molecule has 2 atom stereocenters. The zero-order chi connectivity index (χ0) is 14.7. The Kier molecular flexibility index (Phi) is 5.19. The first kappa shape index (κ1) is 15.5. The smallest absolute Gasteiger partial charge is 0.0345 e. The molecule has 1 aromatic carbocycles. The van der Waals surface area contributed by atoms with Crippen molar-refractivity contribution in [2.75, 3.05) is 40.3 Å².